The Morgan fingerprint density at radius 3 is 2.34 bits per heavy atom. The Hall–Kier alpha value is -2.75. The number of ether oxygens (including phenoxy) is 2. The van der Waals surface area contributed by atoms with Crippen molar-refractivity contribution in [2.24, 2.45) is 0 Å². The number of rotatable bonds is 2. The fourth-order valence-electron chi connectivity index (χ4n) is 4.40. The zero-order valence-corrected chi connectivity index (χ0v) is 16.9. The summed E-state index contributed by atoms with van der Waals surface area (Å²) in [5.74, 6) is -0.599. The molecule has 2 heterocycles. The van der Waals surface area contributed by atoms with Crippen molar-refractivity contribution in [3.63, 3.8) is 0 Å². The number of hydrogen-bond acceptors (Lipinski definition) is 2. The molecule has 3 aromatic rings. The molecule has 0 radical (unpaired) electrons. The van der Waals surface area contributed by atoms with Crippen LogP contribution < -0.4 is 0 Å². The van der Waals surface area contributed by atoms with Gasteiger partial charge in [-0.05, 0) is 36.6 Å². The van der Waals surface area contributed by atoms with Crippen molar-refractivity contribution >= 4 is 6.21 Å². The average Bonchev–Trinajstić information content (AvgIpc) is 2.90. The summed E-state index contributed by atoms with van der Waals surface area (Å²) in [5, 5.41) is 0. The van der Waals surface area contributed by atoms with Crippen LogP contribution in [0, 0.1) is 0 Å². The molecule has 3 nitrogen and oxygen atoms in total. The second-order valence-corrected chi connectivity index (χ2v) is 8.27. The van der Waals surface area contributed by atoms with Crippen molar-refractivity contribution in [1.29, 1.82) is 0 Å². The second-order valence-electron chi connectivity index (χ2n) is 8.27. The summed E-state index contributed by atoms with van der Waals surface area (Å²) in [6, 6.07) is 27.9. The van der Waals surface area contributed by atoms with Gasteiger partial charge in [0, 0.05) is 11.1 Å². The van der Waals surface area contributed by atoms with Gasteiger partial charge >= 0.3 is 0 Å². The number of nitrogens with zero attached hydrogens (tertiary/aromatic N) is 1. The molecule has 0 aromatic heterocycles. The van der Waals surface area contributed by atoms with Gasteiger partial charge < -0.3 is 9.47 Å². The van der Waals surface area contributed by atoms with E-state index in [4.69, 9.17) is 9.47 Å². The van der Waals surface area contributed by atoms with Crippen molar-refractivity contribution in [2.75, 3.05) is 6.61 Å². The smallest absolute Gasteiger partial charge is 0.206 e. The molecule has 3 aromatic carbocycles. The van der Waals surface area contributed by atoms with Crippen LogP contribution in [0.15, 0.2) is 78.9 Å². The first-order valence-corrected chi connectivity index (χ1v) is 10.3. The van der Waals surface area contributed by atoms with Crippen LogP contribution in [0.4, 0.5) is 0 Å². The Bertz CT molecular complexity index is 1060. The average molecular weight is 384 g/mol. The van der Waals surface area contributed by atoms with Gasteiger partial charge in [0.1, 0.15) is 12.7 Å². The van der Waals surface area contributed by atoms with Crippen molar-refractivity contribution in [2.45, 2.75) is 38.3 Å². The standard InChI is InChI=1S/C26H26NO2/c1-26(2)28-18-24(25(29-26)19-10-4-3-5-11-19)27-16-20-12-6-8-14-22(20)23-15-9-7-13-21(23)17-27/h3-16,24-25H,17-18H2,1-2H3/q+1/t24-,25-/m1/s1. The summed E-state index contributed by atoms with van der Waals surface area (Å²) in [4.78, 5) is 0. The molecule has 0 unspecified atom stereocenters. The van der Waals surface area contributed by atoms with Crippen LogP contribution in [0.3, 0.4) is 0 Å². The van der Waals surface area contributed by atoms with E-state index in [-0.39, 0.29) is 12.1 Å². The molecule has 0 saturated carbocycles. The lowest BCUT2D eigenvalue weighted by Crippen LogP contribution is -2.49. The van der Waals surface area contributed by atoms with Crippen molar-refractivity contribution in [1.82, 2.24) is 0 Å². The first-order chi connectivity index (χ1) is 14.1. The third-order valence-electron chi connectivity index (χ3n) is 5.84. The van der Waals surface area contributed by atoms with Gasteiger partial charge in [-0.15, -0.1) is 0 Å². The fourth-order valence-corrected chi connectivity index (χ4v) is 4.40. The van der Waals surface area contributed by atoms with E-state index in [2.05, 4.69) is 83.6 Å². The maximum atomic E-state index is 6.46. The topological polar surface area (TPSA) is 21.5 Å². The van der Waals surface area contributed by atoms with E-state index in [0.29, 0.717) is 6.61 Å². The van der Waals surface area contributed by atoms with Crippen molar-refractivity contribution in [3.05, 3.63) is 95.6 Å². The summed E-state index contributed by atoms with van der Waals surface area (Å²) < 4.78 is 15.0. The molecule has 0 spiro atoms. The molecule has 0 bridgehead atoms. The van der Waals surface area contributed by atoms with Gasteiger partial charge in [-0.25, -0.2) is 4.58 Å². The fraction of sp³-hybridized carbons (Fsp3) is 0.269. The SMILES string of the molecule is CC1(C)OC[C@@H]([N+]2=Cc3ccccc3-c3ccccc3C2)[C@@H](c2ccccc2)O1. The highest BCUT2D eigenvalue weighted by molar-refractivity contribution is 5.89. The lowest BCUT2D eigenvalue weighted by molar-refractivity contribution is -0.607. The third-order valence-corrected chi connectivity index (χ3v) is 5.84. The van der Waals surface area contributed by atoms with E-state index < -0.39 is 5.79 Å². The molecule has 0 amide bonds. The largest absolute Gasteiger partial charge is 0.343 e. The van der Waals surface area contributed by atoms with Crippen LogP contribution in [-0.4, -0.2) is 29.2 Å². The van der Waals surface area contributed by atoms with E-state index in [1.54, 1.807) is 0 Å². The van der Waals surface area contributed by atoms with Gasteiger partial charge in [-0.2, -0.15) is 0 Å². The maximum absolute atomic E-state index is 6.46. The highest BCUT2D eigenvalue weighted by Gasteiger charge is 2.43. The molecule has 5 rings (SSSR count). The van der Waals surface area contributed by atoms with Crippen LogP contribution in [0.25, 0.3) is 11.1 Å². The van der Waals surface area contributed by atoms with Crippen LogP contribution in [0.2, 0.25) is 0 Å². The third kappa shape index (κ3) is 3.52. The van der Waals surface area contributed by atoms with Gasteiger partial charge in [0.25, 0.3) is 0 Å². The Morgan fingerprint density at radius 2 is 1.52 bits per heavy atom. The number of fused-ring (bicyclic) bond motifs is 3. The summed E-state index contributed by atoms with van der Waals surface area (Å²) >= 11 is 0. The highest BCUT2D eigenvalue weighted by atomic mass is 16.7. The molecular formula is C26H26NO2+. The summed E-state index contributed by atoms with van der Waals surface area (Å²) in [6.45, 7) is 5.44. The summed E-state index contributed by atoms with van der Waals surface area (Å²) in [7, 11) is 0. The second kappa shape index (κ2) is 7.25. The molecule has 2 aliphatic rings. The lowest BCUT2D eigenvalue weighted by atomic mass is 9.97. The molecule has 0 N–H and O–H groups in total. The Morgan fingerprint density at radius 1 is 0.828 bits per heavy atom. The monoisotopic (exact) mass is 384 g/mol. The van der Waals surface area contributed by atoms with Gasteiger partial charge in [0.05, 0.1) is 0 Å². The predicted octanol–water partition coefficient (Wildman–Crippen LogP) is 5.19. The molecule has 3 heteroatoms. The van der Waals surface area contributed by atoms with Crippen molar-refractivity contribution < 1.29 is 14.0 Å². The normalized spacial score (nSPS) is 22.8. The van der Waals surface area contributed by atoms with Crippen LogP contribution in [0.1, 0.15) is 36.6 Å². The molecule has 2 aliphatic heterocycles. The Kier molecular flexibility index (Phi) is 4.57. The van der Waals surface area contributed by atoms with Gasteiger partial charge in [0.15, 0.2) is 18.5 Å². The molecular weight excluding hydrogens is 358 g/mol. The minimum absolute atomic E-state index is 0.0615. The highest BCUT2D eigenvalue weighted by Crippen LogP contribution is 2.36. The van der Waals surface area contributed by atoms with Gasteiger partial charge in [-0.3, -0.25) is 0 Å². The predicted molar refractivity (Wildman–Crippen MR) is 115 cm³/mol. The molecule has 29 heavy (non-hydrogen) atoms. The number of hydrogen-bond donors (Lipinski definition) is 0. The summed E-state index contributed by atoms with van der Waals surface area (Å²) in [6.07, 6.45) is 2.22. The first-order valence-electron chi connectivity index (χ1n) is 10.3. The quantitative estimate of drug-likeness (QED) is 0.567. The Labute approximate surface area is 172 Å². The Balaban J connectivity index is 1.61. The molecule has 146 valence electrons. The zero-order chi connectivity index (χ0) is 19.8. The van der Waals surface area contributed by atoms with Crippen LogP contribution >= 0.6 is 0 Å². The van der Waals surface area contributed by atoms with Gasteiger partial charge in [0.2, 0.25) is 6.04 Å². The molecule has 1 fully saturated rings. The van der Waals surface area contributed by atoms with Gasteiger partial charge in [-0.1, -0.05) is 72.8 Å². The molecule has 0 aliphatic carbocycles. The first kappa shape index (κ1) is 18.3. The number of benzene rings is 3. The summed E-state index contributed by atoms with van der Waals surface area (Å²) in [5.41, 5.74) is 6.32. The van der Waals surface area contributed by atoms with E-state index in [1.165, 1.54) is 27.8 Å². The van der Waals surface area contributed by atoms with Crippen LogP contribution in [-0.2, 0) is 16.0 Å². The lowest BCUT2D eigenvalue weighted by Gasteiger charge is -2.39. The molecule has 2 atom stereocenters. The molecule has 1 saturated heterocycles. The zero-order valence-electron chi connectivity index (χ0n) is 16.9. The van der Waals surface area contributed by atoms with Crippen LogP contribution in [0.5, 0.6) is 0 Å². The van der Waals surface area contributed by atoms with E-state index in [9.17, 15) is 0 Å². The van der Waals surface area contributed by atoms with E-state index in [0.717, 1.165) is 6.54 Å². The minimum atomic E-state index is -0.599. The van der Waals surface area contributed by atoms with E-state index >= 15 is 0 Å². The van der Waals surface area contributed by atoms with Crippen molar-refractivity contribution in [3.8, 4) is 11.1 Å². The minimum Gasteiger partial charge on any atom is -0.343 e. The maximum Gasteiger partial charge on any atom is 0.206 e. The van der Waals surface area contributed by atoms with E-state index in [1.807, 2.05) is 19.9 Å².